The Hall–Kier alpha value is -0.140. The van der Waals surface area contributed by atoms with Crippen LogP contribution in [0.1, 0.15) is 19.3 Å². The molecule has 0 aromatic carbocycles. The molecule has 7 heteroatoms. The van der Waals surface area contributed by atoms with Gasteiger partial charge < -0.3 is 5.32 Å². The second kappa shape index (κ2) is 6.54. The molecule has 0 aromatic heterocycles. The standard InChI is InChI=1S/C12H21F3N2OS/c13-12(14,15)9-17-4-1-10(8-17)7-16-11-2-5-19(18)6-3-11/h10-11,16H,1-9H2. The summed E-state index contributed by atoms with van der Waals surface area (Å²) in [7, 11) is -0.657. The van der Waals surface area contributed by atoms with E-state index in [4.69, 9.17) is 0 Å². The third-order valence-electron chi connectivity index (χ3n) is 3.86. The Morgan fingerprint density at radius 1 is 1.21 bits per heavy atom. The molecular formula is C12H21F3N2OS. The lowest BCUT2D eigenvalue weighted by Gasteiger charge is -2.24. The average molecular weight is 298 g/mol. The third kappa shape index (κ3) is 5.39. The summed E-state index contributed by atoms with van der Waals surface area (Å²) in [6.07, 6.45) is -1.41. The quantitative estimate of drug-likeness (QED) is 0.851. The zero-order valence-corrected chi connectivity index (χ0v) is 11.7. The van der Waals surface area contributed by atoms with Crippen molar-refractivity contribution in [3.8, 4) is 0 Å². The van der Waals surface area contributed by atoms with Crippen molar-refractivity contribution < 1.29 is 17.4 Å². The molecule has 1 unspecified atom stereocenters. The summed E-state index contributed by atoms with van der Waals surface area (Å²) in [6.45, 7) is 1.07. The molecule has 0 saturated carbocycles. The minimum atomic E-state index is -4.09. The first-order chi connectivity index (χ1) is 8.92. The zero-order chi connectivity index (χ0) is 13.9. The van der Waals surface area contributed by atoms with E-state index < -0.39 is 23.5 Å². The van der Waals surface area contributed by atoms with Gasteiger partial charge in [0.05, 0.1) is 6.54 Å². The van der Waals surface area contributed by atoms with Crippen LogP contribution in [0.5, 0.6) is 0 Å². The molecule has 2 heterocycles. The summed E-state index contributed by atoms with van der Waals surface area (Å²) in [6, 6.07) is 0.398. The molecule has 0 aromatic rings. The normalized spacial score (nSPS) is 33.7. The lowest BCUT2D eigenvalue weighted by Crippen LogP contribution is -2.39. The summed E-state index contributed by atoms with van der Waals surface area (Å²) >= 11 is 0. The first kappa shape index (κ1) is 15.3. The molecule has 0 amide bonds. The number of likely N-dealkylation sites (tertiary alicyclic amines) is 1. The summed E-state index contributed by atoms with van der Waals surface area (Å²) in [5, 5.41) is 3.43. The van der Waals surface area contributed by atoms with Crippen molar-refractivity contribution in [3.63, 3.8) is 0 Å². The van der Waals surface area contributed by atoms with Crippen LogP contribution in [0.3, 0.4) is 0 Å². The van der Waals surface area contributed by atoms with Crippen molar-refractivity contribution >= 4 is 10.8 Å². The van der Waals surface area contributed by atoms with Crippen LogP contribution in [-0.2, 0) is 10.8 Å². The molecule has 0 radical (unpaired) electrons. The van der Waals surface area contributed by atoms with E-state index in [1.807, 2.05) is 0 Å². The number of nitrogens with one attached hydrogen (secondary N) is 1. The highest BCUT2D eigenvalue weighted by atomic mass is 32.2. The summed E-state index contributed by atoms with van der Waals surface area (Å²) in [5.74, 6) is 1.82. The Morgan fingerprint density at radius 2 is 1.89 bits per heavy atom. The van der Waals surface area contributed by atoms with Crippen LogP contribution in [0.4, 0.5) is 13.2 Å². The zero-order valence-electron chi connectivity index (χ0n) is 10.9. The van der Waals surface area contributed by atoms with Gasteiger partial charge in [-0.05, 0) is 38.3 Å². The van der Waals surface area contributed by atoms with Gasteiger partial charge in [0.2, 0.25) is 0 Å². The van der Waals surface area contributed by atoms with Crippen LogP contribution in [0.2, 0.25) is 0 Å². The van der Waals surface area contributed by atoms with Crippen LogP contribution >= 0.6 is 0 Å². The Balaban J connectivity index is 1.64. The molecule has 0 bridgehead atoms. The highest BCUT2D eigenvalue weighted by molar-refractivity contribution is 7.85. The molecule has 2 rings (SSSR count). The highest BCUT2D eigenvalue weighted by Crippen LogP contribution is 2.22. The van der Waals surface area contributed by atoms with Crippen molar-refractivity contribution in [1.29, 1.82) is 0 Å². The molecule has 112 valence electrons. The van der Waals surface area contributed by atoms with E-state index in [1.54, 1.807) is 0 Å². The first-order valence-electron chi connectivity index (χ1n) is 6.80. The fraction of sp³-hybridized carbons (Fsp3) is 1.00. The number of alkyl halides is 3. The van der Waals surface area contributed by atoms with Crippen molar-refractivity contribution in [2.75, 3.05) is 37.7 Å². The Kier molecular flexibility index (Phi) is 5.25. The van der Waals surface area contributed by atoms with Gasteiger partial charge in [-0.3, -0.25) is 9.11 Å². The van der Waals surface area contributed by atoms with Gasteiger partial charge in [0.15, 0.2) is 0 Å². The van der Waals surface area contributed by atoms with Gasteiger partial charge in [-0.1, -0.05) is 0 Å². The maximum absolute atomic E-state index is 12.3. The van der Waals surface area contributed by atoms with Gasteiger partial charge in [-0.15, -0.1) is 0 Å². The molecule has 19 heavy (non-hydrogen) atoms. The van der Waals surface area contributed by atoms with E-state index in [0.29, 0.717) is 25.0 Å². The predicted molar refractivity (Wildman–Crippen MR) is 69.5 cm³/mol. The van der Waals surface area contributed by atoms with Crippen LogP contribution in [0, 0.1) is 5.92 Å². The van der Waals surface area contributed by atoms with Gasteiger partial charge in [0, 0.05) is 34.9 Å². The summed E-state index contributed by atoms with van der Waals surface area (Å²) < 4.78 is 48.0. The molecule has 2 saturated heterocycles. The SMILES string of the molecule is O=S1CCC(NCC2CCN(CC(F)(F)F)C2)CC1. The number of hydrogen-bond acceptors (Lipinski definition) is 3. The minimum absolute atomic E-state index is 0.315. The molecule has 0 spiro atoms. The lowest BCUT2D eigenvalue weighted by molar-refractivity contribution is -0.143. The molecule has 1 atom stereocenters. The fourth-order valence-corrected chi connectivity index (χ4v) is 4.11. The second-order valence-corrected chi connectivity index (χ2v) is 7.23. The molecule has 0 aliphatic carbocycles. The Morgan fingerprint density at radius 3 is 2.53 bits per heavy atom. The van der Waals surface area contributed by atoms with Crippen LogP contribution in [0.25, 0.3) is 0 Å². The maximum atomic E-state index is 12.3. The molecular weight excluding hydrogens is 277 g/mol. The molecule has 2 aliphatic heterocycles. The van der Waals surface area contributed by atoms with Gasteiger partial charge in [0.1, 0.15) is 0 Å². The topological polar surface area (TPSA) is 32.3 Å². The van der Waals surface area contributed by atoms with Crippen molar-refractivity contribution in [2.24, 2.45) is 5.92 Å². The summed E-state index contributed by atoms with van der Waals surface area (Å²) in [5.41, 5.74) is 0. The third-order valence-corrected chi connectivity index (χ3v) is 5.24. The van der Waals surface area contributed by atoms with E-state index in [1.165, 1.54) is 4.90 Å². The van der Waals surface area contributed by atoms with Crippen molar-refractivity contribution in [2.45, 2.75) is 31.5 Å². The smallest absolute Gasteiger partial charge is 0.314 e. The second-order valence-electron chi connectivity index (χ2n) is 5.54. The number of halogens is 3. The molecule has 1 N–H and O–H groups in total. The monoisotopic (exact) mass is 298 g/mol. The lowest BCUT2D eigenvalue weighted by atomic mass is 10.1. The first-order valence-corrected chi connectivity index (χ1v) is 8.28. The predicted octanol–water partition coefficient (Wildman–Crippen LogP) is 1.37. The van der Waals surface area contributed by atoms with E-state index in [9.17, 15) is 17.4 Å². The molecule has 2 aliphatic rings. The number of nitrogens with zero attached hydrogens (tertiary/aromatic N) is 1. The number of rotatable bonds is 4. The molecule has 3 nitrogen and oxygen atoms in total. The highest BCUT2D eigenvalue weighted by Gasteiger charge is 2.34. The fourth-order valence-electron chi connectivity index (χ4n) is 2.81. The average Bonchev–Trinajstić information content (AvgIpc) is 2.73. The van der Waals surface area contributed by atoms with Crippen LogP contribution in [-0.4, -0.2) is 59.0 Å². The largest absolute Gasteiger partial charge is 0.401 e. The van der Waals surface area contributed by atoms with Gasteiger partial charge in [-0.2, -0.15) is 13.2 Å². The van der Waals surface area contributed by atoms with E-state index in [-0.39, 0.29) is 0 Å². The summed E-state index contributed by atoms with van der Waals surface area (Å²) in [4.78, 5) is 1.49. The van der Waals surface area contributed by atoms with Gasteiger partial charge in [0.25, 0.3) is 0 Å². The Labute approximate surface area is 114 Å². The van der Waals surface area contributed by atoms with E-state index in [2.05, 4.69) is 5.32 Å². The van der Waals surface area contributed by atoms with E-state index in [0.717, 1.165) is 37.3 Å². The Bertz CT molecular complexity index is 315. The van der Waals surface area contributed by atoms with Gasteiger partial charge in [-0.25, -0.2) is 0 Å². The van der Waals surface area contributed by atoms with Crippen molar-refractivity contribution in [1.82, 2.24) is 10.2 Å². The van der Waals surface area contributed by atoms with Crippen LogP contribution < -0.4 is 5.32 Å². The minimum Gasteiger partial charge on any atom is -0.314 e. The molecule has 2 fully saturated rings. The van der Waals surface area contributed by atoms with Gasteiger partial charge >= 0.3 is 6.18 Å². The van der Waals surface area contributed by atoms with E-state index >= 15 is 0 Å². The van der Waals surface area contributed by atoms with Crippen LogP contribution in [0.15, 0.2) is 0 Å². The maximum Gasteiger partial charge on any atom is 0.401 e. The van der Waals surface area contributed by atoms with Crippen molar-refractivity contribution in [3.05, 3.63) is 0 Å². The number of hydrogen-bond donors (Lipinski definition) is 1.